The molecule has 1 spiro atoms. The molecular formula is C18H18ClNO7. The molecule has 0 unspecified atom stereocenters. The molecule has 1 aromatic carbocycles. The van der Waals surface area contributed by atoms with Crippen molar-refractivity contribution in [2.45, 2.75) is 25.4 Å². The first kappa shape index (κ1) is 19.2. The van der Waals surface area contributed by atoms with E-state index < -0.39 is 29.8 Å². The highest BCUT2D eigenvalue weighted by atomic mass is 35.5. The maximum Gasteiger partial charge on any atom is 0.325 e. The third kappa shape index (κ3) is 2.84. The third-order valence-corrected chi connectivity index (χ3v) is 5.20. The highest BCUT2D eigenvalue weighted by Gasteiger charge is 2.60. The lowest BCUT2D eigenvalue weighted by Crippen LogP contribution is -2.57. The Labute approximate surface area is 160 Å². The van der Waals surface area contributed by atoms with Crippen LogP contribution in [0.15, 0.2) is 11.1 Å². The Kier molecular flexibility index (Phi) is 4.86. The summed E-state index contributed by atoms with van der Waals surface area (Å²) in [6, 6.07) is 1.48. The minimum atomic E-state index is -1.59. The zero-order valence-corrected chi connectivity index (χ0v) is 15.8. The van der Waals surface area contributed by atoms with E-state index in [-0.39, 0.29) is 52.2 Å². The molecule has 2 atom stereocenters. The quantitative estimate of drug-likeness (QED) is 0.831. The molecule has 144 valence electrons. The number of aliphatic carboxylic acids is 1. The number of fused-ring (bicyclic) bond motifs is 1. The fraction of sp³-hybridized carbons (Fsp3) is 0.444. The summed E-state index contributed by atoms with van der Waals surface area (Å²) in [5.41, 5.74) is -1.37. The average molecular weight is 396 g/mol. The minimum absolute atomic E-state index is 0.0853. The molecule has 3 rings (SSSR count). The van der Waals surface area contributed by atoms with Gasteiger partial charge in [-0.3, -0.25) is 19.4 Å². The van der Waals surface area contributed by atoms with Gasteiger partial charge >= 0.3 is 5.97 Å². The molecule has 27 heavy (non-hydrogen) atoms. The van der Waals surface area contributed by atoms with Crippen molar-refractivity contribution in [3.8, 4) is 17.2 Å². The van der Waals surface area contributed by atoms with Gasteiger partial charge in [0.1, 0.15) is 34.4 Å². The van der Waals surface area contributed by atoms with Gasteiger partial charge in [-0.15, -0.1) is 0 Å². The molecule has 1 N–H and O–H groups in total. The summed E-state index contributed by atoms with van der Waals surface area (Å²) in [4.78, 5) is 40.5. The lowest BCUT2D eigenvalue weighted by Gasteiger charge is -2.37. The summed E-state index contributed by atoms with van der Waals surface area (Å²) in [5.74, 6) is -1.76. The van der Waals surface area contributed by atoms with Crippen LogP contribution in [-0.4, -0.2) is 54.7 Å². The van der Waals surface area contributed by atoms with Crippen LogP contribution < -0.4 is 14.2 Å². The number of carboxylic acids is 1. The standard InChI is InChI=1S/C18H18ClNO7/c1-8-4-9(21)5-12(20-7-13(22)23)18(8)17(24)14-10(25-2)6-11(26-3)15(19)16(14)27-18/h6,8H,4-5,7H2,1-3H3,(H,22,23)/t8-,18+/m1/s1. The zero-order chi connectivity index (χ0) is 19.9. The second-order valence-electron chi connectivity index (χ2n) is 6.44. The number of aliphatic imine (C=N–C) groups is 1. The fourth-order valence-electron chi connectivity index (χ4n) is 3.61. The summed E-state index contributed by atoms with van der Waals surface area (Å²) in [6.45, 7) is 1.12. The normalized spacial score (nSPS) is 25.5. The number of hydrogen-bond acceptors (Lipinski definition) is 7. The highest BCUT2D eigenvalue weighted by molar-refractivity contribution is 6.36. The summed E-state index contributed by atoms with van der Waals surface area (Å²) >= 11 is 6.34. The number of methoxy groups -OCH3 is 2. The number of rotatable bonds is 4. The number of ketones is 2. The van der Waals surface area contributed by atoms with E-state index in [0.717, 1.165) is 0 Å². The van der Waals surface area contributed by atoms with Crippen molar-refractivity contribution < 1.29 is 33.7 Å². The topological polar surface area (TPSA) is 111 Å². The van der Waals surface area contributed by atoms with Crippen molar-refractivity contribution in [2.75, 3.05) is 20.8 Å². The second kappa shape index (κ2) is 6.84. The molecule has 0 bridgehead atoms. The Bertz CT molecular complexity index is 879. The van der Waals surface area contributed by atoms with Crippen LogP contribution in [0.3, 0.4) is 0 Å². The van der Waals surface area contributed by atoms with E-state index in [2.05, 4.69) is 4.99 Å². The number of carboxylic acid groups (broad SMARTS) is 1. The molecule has 1 aliphatic heterocycles. The summed E-state index contributed by atoms with van der Waals surface area (Å²) in [5, 5.41) is 9.06. The van der Waals surface area contributed by atoms with Crippen LogP contribution in [-0.2, 0) is 9.59 Å². The zero-order valence-electron chi connectivity index (χ0n) is 15.0. The fourth-order valence-corrected chi connectivity index (χ4v) is 3.88. The van der Waals surface area contributed by atoms with Crippen LogP contribution in [0.2, 0.25) is 5.02 Å². The first-order chi connectivity index (χ1) is 12.8. The van der Waals surface area contributed by atoms with Gasteiger partial charge in [-0.05, 0) is 0 Å². The highest BCUT2D eigenvalue weighted by Crippen LogP contribution is 2.53. The van der Waals surface area contributed by atoms with Crippen molar-refractivity contribution >= 4 is 34.8 Å². The van der Waals surface area contributed by atoms with E-state index in [1.807, 2.05) is 0 Å². The summed E-state index contributed by atoms with van der Waals surface area (Å²) in [6.07, 6.45) is -0.0582. The van der Waals surface area contributed by atoms with Crippen LogP contribution >= 0.6 is 11.6 Å². The van der Waals surface area contributed by atoms with Gasteiger partial charge in [-0.2, -0.15) is 0 Å². The van der Waals surface area contributed by atoms with Gasteiger partial charge in [0.05, 0.1) is 19.9 Å². The van der Waals surface area contributed by atoms with Crippen molar-refractivity contribution in [3.63, 3.8) is 0 Å². The molecule has 2 aliphatic rings. The Balaban J connectivity index is 2.21. The molecule has 1 heterocycles. The molecule has 1 fully saturated rings. The number of nitrogens with zero attached hydrogens (tertiary/aromatic N) is 1. The van der Waals surface area contributed by atoms with E-state index in [9.17, 15) is 14.4 Å². The molecule has 1 aromatic rings. The molecule has 0 saturated heterocycles. The Morgan fingerprint density at radius 3 is 2.63 bits per heavy atom. The van der Waals surface area contributed by atoms with Crippen molar-refractivity contribution in [2.24, 2.45) is 10.9 Å². The van der Waals surface area contributed by atoms with E-state index in [0.29, 0.717) is 0 Å². The number of carbonyl (C=O) groups is 3. The van der Waals surface area contributed by atoms with E-state index in [1.165, 1.54) is 20.3 Å². The van der Waals surface area contributed by atoms with Gasteiger partial charge in [-0.25, -0.2) is 0 Å². The Morgan fingerprint density at radius 1 is 1.37 bits per heavy atom. The molecule has 8 nitrogen and oxygen atoms in total. The SMILES string of the molecule is COc1cc(OC)c2c(c1Cl)O[C@]1(C2=O)C(=NCC(=O)O)CC(=O)C[C@H]1C. The molecule has 0 radical (unpaired) electrons. The monoisotopic (exact) mass is 395 g/mol. The Morgan fingerprint density at radius 2 is 2.04 bits per heavy atom. The van der Waals surface area contributed by atoms with Gasteiger partial charge in [-0.1, -0.05) is 18.5 Å². The molecule has 0 amide bonds. The lowest BCUT2D eigenvalue weighted by molar-refractivity contribution is -0.135. The van der Waals surface area contributed by atoms with Gasteiger partial charge in [0, 0.05) is 24.8 Å². The number of ether oxygens (including phenoxy) is 3. The summed E-state index contributed by atoms with van der Waals surface area (Å²) < 4.78 is 16.6. The van der Waals surface area contributed by atoms with Crippen molar-refractivity contribution in [3.05, 3.63) is 16.7 Å². The summed E-state index contributed by atoms with van der Waals surface area (Å²) in [7, 11) is 2.82. The van der Waals surface area contributed by atoms with Crippen molar-refractivity contribution in [1.29, 1.82) is 0 Å². The van der Waals surface area contributed by atoms with Gasteiger partial charge in [0.2, 0.25) is 11.4 Å². The first-order valence-electron chi connectivity index (χ1n) is 8.21. The molecule has 1 saturated carbocycles. The van der Waals surface area contributed by atoms with Crippen LogP contribution in [0.5, 0.6) is 17.2 Å². The van der Waals surface area contributed by atoms with Gasteiger partial charge in [0.25, 0.3) is 0 Å². The van der Waals surface area contributed by atoms with Gasteiger partial charge in [0.15, 0.2) is 5.75 Å². The number of carbonyl (C=O) groups excluding carboxylic acids is 2. The first-order valence-corrected chi connectivity index (χ1v) is 8.59. The van der Waals surface area contributed by atoms with Gasteiger partial charge < -0.3 is 19.3 Å². The average Bonchev–Trinajstić information content (AvgIpc) is 2.93. The Hall–Kier alpha value is -2.61. The van der Waals surface area contributed by atoms with Crippen molar-refractivity contribution in [1.82, 2.24) is 0 Å². The van der Waals surface area contributed by atoms with E-state index in [1.54, 1.807) is 6.92 Å². The lowest BCUT2D eigenvalue weighted by atomic mass is 9.71. The third-order valence-electron chi connectivity index (χ3n) is 4.84. The molecular weight excluding hydrogens is 378 g/mol. The van der Waals surface area contributed by atoms with E-state index >= 15 is 0 Å². The number of benzene rings is 1. The molecule has 0 aromatic heterocycles. The second-order valence-corrected chi connectivity index (χ2v) is 6.82. The van der Waals surface area contributed by atoms with Crippen LogP contribution in [0.4, 0.5) is 0 Å². The number of hydrogen-bond donors (Lipinski definition) is 1. The number of Topliss-reactive ketones (excluding diaryl/α,β-unsaturated/α-hetero) is 2. The maximum atomic E-state index is 13.4. The van der Waals surface area contributed by atoms with Crippen LogP contribution in [0, 0.1) is 5.92 Å². The predicted octanol–water partition coefficient (Wildman–Crippen LogP) is 2.20. The minimum Gasteiger partial charge on any atom is -0.496 e. The van der Waals surface area contributed by atoms with Crippen LogP contribution in [0.1, 0.15) is 30.1 Å². The molecule has 1 aliphatic carbocycles. The predicted molar refractivity (Wildman–Crippen MR) is 95.6 cm³/mol. The largest absolute Gasteiger partial charge is 0.496 e. The van der Waals surface area contributed by atoms with Crippen LogP contribution in [0.25, 0.3) is 0 Å². The maximum absolute atomic E-state index is 13.4. The number of halogens is 1. The smallest absolute Gasteiger partial charge is 0.325 e. The van der Waals surface area contributed by atoms with E-state index in [4.69, 9.17) is 30.9 Å². The molecule has 9 heteroatoms.